The molecule has 3 nitrogen and oxygen atoms in total. The topological polar surface area (TPSA) is 63.3 Å². The normalized spacial score (nSPS) is 44.5. The van der Waals surface area contributed by atoms with Crippen LogP contribution in [0.4, 0.5) is 0 Å². The summed E-state index contributed by atoms with van der Waals surface area (Å²) in [6.45, 7) is 6.05. The molecule has 22 heavy (non-hydrogen) atoms. The molecule has 2 aliphatic carbocycles. The number of carbonyl (C=O) groups is 1. The first-order valence-corrected chi connectivity index (χ1v) is 8.27. The van der Waals surface area contributed by atoms with Crippen LogP contribution in [0.25, 0.3) is 0 Å². The molecule has 1 amide bonds. The van der Waals surface area contributed by atoms with Crippen LogP contribution in [0.2, 0.25) is 0 Å². The smallest absolute Gasteiger partial charge is 0.223 e. The van der Waals surface area contributed by atoms with Crippen LogP contribution in [0, 0.1) is 17.3 Å². The van der Waals surface area contributed by atoms with Crippen molar-refractivity contribution >= 4 is 5.91 Å². The second kappa shape index (κ2) is 4.82. The van der Waals surface area contributed by atoms with E-state index in [0.717, 1.165) is 19.3 Å². The van der Waals surface area contributed by atoms with Crippen LogP contribution >= 0.6 is 0 Å². The Bertz CT molecular complexity index is 578. The molecule has 0 saturated heterocycles. The number of hydrogen-bond acceptors (Lipinski definition) is 2. The van der Waals surface area contributed by atoms with Crippen molar-refractivity contribution in [3.05, 3.63) is 35.9 Å². The Morgan fingerprint density at radius 2 is 1.82 bits per heavy atom. The highest BCUT2D eigenvalue weighted by Gasteiger charge is 2.58. The van der Waals surface area contributed by atoms with Crippen LogP contribution in [0.3, 0.4) is 0 Å². The Morgan fingerprint density at radius 3 is 2.41 bits per heavy atom. The second-order valence-corrected chi connectivity index (χ2v) is 8.18. The molecule has 0 radical (unpaired) electrons. The number of aliphatic hydroxyl groups is 1. The van der Waals surface area contributed by atoms with Crippen LogP contribution in [-0.2, 0) is 10.2 Å². The summed E-state index contributed by atoms with van der Waals surface area (Å²) in [7, 11) is 0. The number of nitrogens with two attached hydrogens (primary N) is 1. The fourth-order valence-corrected chi connectivity index (χ4v) is 5.06. The summed E-state index contributed by atoms with van der Waals surface area (Å²) in [4.78, 5) is 12.1. The van der Waals surface area contributed by atoms with E-state index in [2.05, 4.69) is 31.2 Å². The van der Waals surface area contributed by atoms with Crippen molar-refractivity contribution in [2.75, 3.05) is 0 Å². The molecule has 0 aliphatic heterocycles. The molecule has 2 aliphatic rings. The van der Waals surface area contributed by atoms with E-state index < -0.39 is 11.0 Å². The number of hydrogen-bond donors (Lipinski definition) is 2. The summed E-state index contributed by atoms with van der Waals surface area (Å²) in [5.41, 5.74) is 5.72. The summed E-state index contributed by atoms with van der Waals surface area (Å²) in [5, 5.41) is 11.0. The van der Waals surface area contributed by atoms with Gasteiger partial charge in [0.25, 0.3) is 0 Å². The largest absolute Gasteiger partial charge is 0.390 e. The zero-order valence-corrected chi connectivity index (χ0v) is 13.8. The number of amides is 1. The van der Waals surface area contributed by atoms with Gasteiger partial charge in [0, 0.05) is 5.41 Å². The first kappa shape index (κ1) is 15.5. The van der Waals surface area contributed by atoms with Crippen molar-refractivity contribution in [3.63, 3.8) is 0 Å². The molecule has 3 rings (SSSR count). The molecule has 0 spiro atoms. The summed E-state index contributed by atoms with van der Waals surface area (Å²) in [6, 6.07) is 10.5. The van der Waals surface area contributed by atoms with Crippen molar-refractivity contribution in [2.24, 2.45) is 23.0 Å². The van der Waals surface area contributed by atoms with Gasteiger partial charge in [-0.3, -0.25) is 4.79 Å². The van der Waals surface area contributed by atoms with E-state index in [4.69, 9.17) is 5.73 Å². The molecule has 3 heteroatoms. The van der Waals surface area contributed by atoms with Crippen molar-refractivity contribution in [2.45, 2.75) is 57.5 Å². The predicted molar refractivity (Wildman–Crippen MR) is 87.2 cm³/mol. The SMILES string of the molecule is CC1CC2(c3ccccc3)CC(CC(C)(C(N)=O)C2)C1(C)O. The van der Waals surface area contributed by atoms with Gasteiger partial charge < -0.3 is 10.8 Å². The van der Waals surface area contributed by atoms with Gasteiger partial charge in [-0.2, -0.15) is 0 Å². The Kier molecular flexibility index (Phi) is 3.41. The van der Waals surface area contributed by atoms with E-state index in [0.29, 0.717) is 6.42 Å². The minimum absolute atomic E-state index is 0.0460. The molecular weight excluding hydrogens is 274 g/mol. The van der Waals surface area contributed by atoms with Gasteiger partial charge in [0.1, 0.15) is 0 Å². The lowest BCUT2D eigenvalue weighted by molar-refractivity contribution is -0.154. The maximum absolute atomic E-state index is 12.1. The van der Waals surface area contributed by atoms with Gasteiger partial charge in [-0.25, -0.2) is 0 Å². The Hall–Kier alpha value is -1.35. The maximum atomic E-state index is 12.1. The third-order valence-corrected chi connectivity index (χ3v) is 6.56. The summed E-state index contributed by atoms with van der Waals surface area (Å²) in [5.74, 6) is 0.0921. The van der Waals surface area contributed by atoms with Gasteiger partial charge >= 0.3 is 0 Å². The summed E-state index contributed by atoms with van der Waals surface area (Å²) in [6.07, 6.45) is 3.32. The van der Waals surface area contributed by atoms with Gasteiger partial charge in [0.2, 0.25) is 5.91 Å². The van der Waals surface area contributed by atoms with Gasteiger partial charge in [-0.05, 0) is 55.4 Å². The lowest BCUT2D eigenvalue weighted by Crippen LogP contribution is -2.59. The molecule has 1 aromatic carbocycles. The number of primary amides is 1. The summed E-state index contributed by atoms with van der Waals surface area (Å²) < 4.78 is 0. The molecular formula is C19H27NO2. The molecule has 2 bridgehead atoms. The predicted octanol–water partition coefficient (Wildman–Crippen LogP) is 3.01. The number of carbonyl (C=O) groups excluding carboxylic acids is 1. The van der Waals surface area contributed by atoms with Crippen molar-refractivity contribution < 1.29 is 9.90 Å². The molecule has 120 valence electrons. The minimum atomic E-state index is -0.727. The Labute approximate surface area is 132 Å². The van der Waals surface area contributed by atoms with Gasteiger partial charge in [0.05, 0.1) is 5.60 Å². The van der Waals surface area contributed by atoms with Crippen molar-refractivity contribution in [1.82, 2.24) is 0 Å². The molecule has 5 unspecified atom stereocenters. The third kappa shape index (κ3) is 2.18. The lowest BCUT2D eigenvalue weighted by Gasteiger charge is -2.59. The standard InChI is InChI=1S/C19H27NO2/c1-13-9-19(14-7-5-4-6-8-14)11-15(18(13,3)22)10-17(2,12-19)16(20)21/h4-8,13,15,22H,9-12H2,1-3H3,(H2,20,21). The van der Waals surface area contributed by atoms with Crippen molar-refractivity contribution in [3.8, 4) is 0 Å². The van der Waals surface area contributed by atoms with E-state index >= 15 is 0 Å². The lowest BCUT2D eigenvalue weighted by atomic mass is 9.47. The van der Waals surface area contributed by atoms with Crippen LogP contribution in [0.5, 0.6) is 0 Å². The first-order chi connectivity index (χ1) is 10.2. The Morgan fingerprint density at radius 1 is 1.18 bits per heavy atom. The molecule has 5 atom stereocenters. The van der Waals surface area contributed by atoms with Crippen LogP contribution in [0.15, 0.2) is 30.3 Å². The maximum Gasteiger partial charge on any atom is 0.223 e. The van der Waals surface area contributed by atoms with Crippen LogP contribution < -0.4 is 5.73 Å². The highest BCUT2D eigenvalue weighted by atomic mass is 16.3. The minimum Gasteiger partial charge on any atom is -0.390 e. The third-order valence-electron chi connectivity index (χ3n) is 6.56. The van der Waals surface area contributed by atoms with E-state index in [1.165, 1.54) is 5.56 Å². The van der Waals surface area contributed by atoms with Gasteiger partial charge in [-0.1, -0.05) is 44.2 Å². The molecule has 3 N–H and O–H groups in total. The van der Waals surface area contributed by atoms with Crippen LogP contribution in [0.1, 0.15) is 52.0 Å². The zero-order valence-electron chi connectivity index (χ0n) is 13.8. The molecule has 1 aromatic rings. The number of benzene rings is 1. The summed E-state index contributed by atoms with van der Waals surface area (Å²) >= 11 is 0. The zero-order chi connectivity index (χ0) is 16.2. The van der Waals surface area contributed by atoms with Crippen molar-refractivity contribution in [1.29, 1.82) is 0 Å². The number of rotatable bonds is 2. The van der Waals surface area contributed by atoms with E-state index in [9.17, 15) is 9.90 Å². The molecule has 0 heterocycles. The Balaban J connectivity index is 2.10. The fourth-order valence-electron chi connectivity index (χ4n) is 5.06. The average molecular weight is 301 g/mol. The fraction of sp³-hybridized carbons (Fsp3) is 0.632. The van der Waals surface area contributed by atoms with Gasteiger partial charge in [-0.15, -0.1) is 0 Å². The second-order valence-electron chi connectivity index (χ2n) is 8.18. The average Bonchev–Trinajstić information content (AvgIpc) is 2.46. The highest BCUT2D eigenvalue weighted by molar-refractivity contribution is 5.81. The highest BCUT2D eigenvalue weighted by Crippen LogP contribution is 2.60. The van der Waals surface area contributed by atoms with Crippen LogP contribution in [-0.4, -0.2) is 16.6 Å². The monoisotopic (exact) mass is 301 g/mol. The van der Waals surface area contributed by atoms with E-state index in [1.54, 1.807) is 0 Å². The van der Waals surface area contributed by atoms with Gasteiger partial charge in [0.15, 0.2) is 0 Å². The first-order valence-electron chi connectivity index (χ1n) is 8.27. The van der Waals surface area contributed by atoms with E-state index in [-0.39, 0.29) is 23.2 Å². The molecule has 2 fully saturated rings. The molecule has 0 aromatic heterocycles. The quantitative estimate of drug-likeness (QED) is 0.882. The molecule has 2 saturated carbocycles. The number of fused-ring (bicyclic) bond motifs is 2. The van der Waals surface area contributed by atoms with E-state index in [1.807, 2.05) is 19.9 Å².